The molecule has 0 aliphatic carbocycles. The molecule has 0 amide bonds. The molecule has 0 heterocycles. The van der Waals surface area contributed by atoms with Crippen molar-refractivity contribution in [2.24, 2.45) is 0 Å². The topological polar surface area (TPSA) is 47.9 Å². The van der Waals surface area contributed by atoms with E-state index < -0.39 is 0 Å². The molecule has 1 aromatic carbocycles. The average Bonchev–Trinajstić information content (AvgIpc) is 2.38. The van der Waals surface area contributed by atoms with Crippen LogP contribution >= 0.6 is 0 Å². The van der Waals surface area contributed by atoms with Crippen LogP contribution in [0.3, 0.4) is 0 Å². The fraction of sp³-hybridized carbons (Fsp3) is 0.538. The summed E-state index contributed by atoms with van der Waals surface area (Å²) in [5.74, 6) is 1.77. The van der Waals surface area contributed by atoms with Crippen LogP contribution < -0.4 is 14.2 Å². The zero-order valence-corrected chi connectivity index (χ0v) is 10.7. The van der Waals surface area contributed by atoms with E-state index in [-0.39, 0.29) is 6.61 Å². The molecule has 1 aromatic rings. The lowest BCUT2D eigenvalue weighted by atomic mass is 10.2. The van der Waals surface area contributed by atoms with E-state index in [9.17, 15) is 0 Å². The summed E-state index contributed by atoms with van der Waals surface area (Å²) < 4.78 is 16.1. The van der Waals surface area contributed by atoms with Gasteiger partial charge in [0.1, 0.15) is 0 Å². The first-order valence-corrected chi connectivity index (χ1v) is 5.75. The van der Waals surface area contributed by atoms with Crippen LogP contribution in [0.4, 0.5) is 0 Å². The Labute approximate surface area is 102 Å². The molecule has 0 aliphatic heterocycles. The second-order valence-corrected chi connectivity index (χ2v) is 3.69. The molecule has 0 radical (unpaired) electrons. The summed E-state index contributed by atoms with van der Waals surface area (Å²) >= 11 is 0. The van der Waals surface area contributed by atoms with Gasteiger partial charge in [-0.2, -0.15) is 0 Å². The van der Waals surface area contributed by atoms with Crippen molar-refractivity contribution in [3.63, 3.8) is 0 Å². The lowest BCUT2D eigenvalue weighted by molar-refractivity contribution is 0.263. The molecule has 0 saturated heterocycles. The normalized spacial score (nSPS) is 10.1. The molecule has 0 fully saturated rings. The van der Waals surface area contributed by atoms with Crippen molar-refractivity contribution in [3.05, 3.63) is 17.7 Å². The minimum atomic E-state index is -0.0536. The van der Waals surface area contributed by atoms with Crippen molar-refractivity contribution in [1.82, 2.24) is 0 Å². The number of hydrogen-bond acceptors (Lipinski definition) is 4. The van der Waals surface area contributed by atoms with Crippen LogP contribution in [0.15, 0.2) is 12.1 Å². The molecule has 0 saturated carbocycles. The summed E-state index contributed by atoms with van der Waals surface area (Å²) in [6.07, 6.45) is 2.05. The van der Waals surface area contributed by atoms with Crippen molar-refractivity contribution >= 4 is 0 Å². The lowest BCUT2D eigenvalue weighted by Gasteiger charge is -2.15. The van der Waals surface area contributed by atoms with Gasteiger partial charge in [-0.05, 0) is 24.1 Å². The van der Waals surface area contributed by atoms with Crippen LogP contribution in [0.1, 0.15) is 25.3 Å². The smallest absolute Gasteiger partial charge is 0.203 e. The monoisotopic (exact) mass is 240 g/mol. The van der Waals surface area contributed by atoms with Gasteiger partial charge in [-0.15, -0.1) is 0 Å². The van der Waals surface area contributed by atoms with Gasteiger partial charge in [-0.1, -0.05) is 13.3 Å². The van der Waals surface area contributed by atoms with Crippen LogP contribution in [-0.4, -0.2) is 25.9 Å². The SMILES string of the molecule is CCCCOc1c(OC)cc(CO)cc1OC. The number of aliphatic hydroxyl groups is 1. The third-order valence-electron chi connectivity index (χ3n) is 2.45. The molecule has 0 aromatic heterocycles. The zero-order valence-electron chi connectivity index (χ0n) is 10.7. The number of aliphatic hydroxyl groups excluding tert-OH is 1. The Morgan fingerprint density at radius 3 is 2.12 bits per heavy atom. The van der Waals surface area contributed by atoms with Crippen molar-refractivity contribution in [2.75, 3.05) is 20.8 Å². The number of hydrogen-bond donors (Lipinski definition) is 1. The molecule has 0 spiro atoms. The molecular formula is C13H20O4. The van der Waals surface area contributed by atoms with E-state index in [2.05, 4.69) is 6.92 Å². The van der Waals surface area contributed by atoms with Gasteiger partial charge < -0.3 is 19.3 Å². The highest BCUT2D eigenvalue weighted by molar-refractivity contribution is 5.53. The molecule has 0 bridgehead atoms. The summed E-state index contributed by atoms with van der Waals surface area (Å²) in [7, 11) is 3.14. The third-order valence-corrected chi connectivity index (χ3v) is 2.45. The second-order valence-electron chi connectivity index (χ2n) is 3.69. The maximum Gasteiger partial charge on any atom is 0.203 e. The standard InChI is InChI=1S/C13H20O4/c1-4-5-6-17-13-11(15-2)7-10(9-14)8-12(13)16-3/h7-8,14H,4-6,9H2,1-3H3. The second kappa shape index (κ2) is 7.01. The molecular weight excluding hydrogens is 220 g/mol. The van der Waals surface area contributed by atoms with Crippen LogP contribution in [0.2, 0.25) is 0 Å². The van der Waals surface area contributed by atoms with E-state index in [1.807, 2.05) is 0 Å². The van der Waals surface area contributed by atoms with Crippen molar-refractivity contribution < 1.29 is 19.3 Å². The summed E-state index contributed by atoms with van der Waals surface area (Å²) in [6, 6.07) is 3.51. The molecule has 17 heavy (non-hydrogen) atoms. The minimum Gasteiger partial charge on any atom is -0.493 e. The first kappa shape index (κ1) is 13.6. The Bertz CT molecular complexity index is 324. The highest BCUT2D eigenvalue weighted by Crippen LogP contribution is 2.38. The highest BCUT2D eigenvalue weighted by atomic mass is 16.5. The third kappa shape index (κ3) is 3.53. The summed E-state index contributed by atoms with van der Waals surface area (Å²) in [4.78, 5) is 0. The van der Waals surface area contributed by atoms with Gasteiger partial charge in [0.05, 0.1) is 27.4 Å². The fourth-order valence-electron chi connectivity index (χ4n) is 1.49. The maximum absolute atomic E-state index is 9.13. The predicted octanol–water partition coefficient (Wildman–Crippen LogP) is 2.38. The van der Waals surface area contributed by atoms with Crippen LogP contribution in [0, 0.1) is 0 Å². The summed E-state index contributed by atoms with van der Waals surface area (Å²) in [5, 5.41) is 9.13. The van der Waals surface area contributed by atoms with Gasteiger partial charge >= 0.3 is 0 Å². The Kier molecular flexibility index (Phi) is 5.63. The minimum absolute atomic E-state index is 0.0536. The van der Waals surface area contributed by atoms with Crippen molar-refractivity contribution in [1.29, 1.82) is 0 Å². The van der Waals surface area contributed by atoms with Gasteiger partial charge in [-0.3, -0.25) is 0 Å². The first-order chi connectivity index (χ1) is 8.26. The van der Waals surface area contributed by atoms with Crippen molar-refractivity contribution in [3.8, 4) is 17.2 Å². The number of rotatable bonds is 7. The van der Waals surface area contributed by atoms with Crippen LogP contribution in [0.25, 0.3) is 0 Å². The molecule has 1 rings (SSSR count). The number of methoxy groups -OCH3 is 2. The van der Waals surface area contributed by atoms with Gasteiger partial charge in [0.2, 0.25) is 5.75 Å². The van der Waals surface area contributed by atoms with E-state index in [1.165, 1.54) is 0 Å². The van der Waals surface area contributed by atoms with E-state index in [4.69, 9.17) is 19.3 Å². The number of unbranched alkanes of at least 4 members (excludes halogenated alkanes) is 1. The van der Waals surface area contributed by atoms with Gasteiger partial charge in [-0.25, -0.2) is 0 Å². The Hall–Kier alpha value is -1.42. The zero-order chi connectivity index (χ0) is 12.7. The Balaban J connectivity index is 2.98. The quantitative estimate of drug-likeness (QED) is 0.743. The molecule has 96 valence electrons. The molecule has 4 heteroatoms. The molecule has 4 nitrogen and oxygen atoms in total. The number of benzene rings is 1. The van der Waals surface area contributed by atoms with Crippen molar-refractivity contribution in [2.45, 2.75) is 26.4 Å². The first-order valence-electron chi connectivity index (χ1n) is 5.75. The molecule has 0 aliphatic rings. The van der Waals surface area contributed by atoms with E-state index in [0.29, 0.717) is 23.9 Å². The number of ether oxygens (including phenoxy) is 3. The average molecular weight is 240 g/mol. The largest absolute Gasteiger partial charge is 0.493 e. The summed E-state index contributed by atoms with van der Waals surface area (Å²) in [5.41, 5.74) is 0.738. The highest BCUT2D eigenvalue weighted by Gasteiger charge is 2.13. The summed E-state index contributed by atoms with van der Waals surface area (Å²) in [6.45, 7) is 2.68. The fourth-order valence-corrected chi connectivity index (χ4v) is 1.49. The van der Waals surface area contributed by atoms with E-state index in [0.717, 1.165) is 18.4 Å². The van der Waals surface area contributed by atoms with Gasteiger partial charge in [0, 0.05) is 0 Å². The van der Waals surface area contributed by atoms with Crippen LogP contribution in [-0.2, 0) is 6.61 Å². The van der Waals surface area contributed by atoms with E-state index in [1.54, 1.807) is 26.4 Å². The lowest BCUT2D eigenvalue weighted by Crippen LogP contribution is -2.02. The molecule has 1 N–H and O–H groups in total. The molecule has 0 atom stereocenters. The van der Waals surface area contributed by atoms with Gasteiger partial charge in [0.15, 0.2) is 11.5 Å². The van der Waals surface area contributed by atoms with E-state index >= 15 is 0 Å². The predicted molar refractivity (Wildman–Crippen MR) is 65.9 cm³/mol. The van der Waals surface area contributed by atoms with Crippen LogP contribution in [0.5, 0.6) is 17.2 Å². The Morgan fingerprint density at radius 1 is 1.12 bits per heavy atom. The van der Waals surface area contributed by atoms with Gasteiger partial charge in [0.25, 0.3) is 0 Å². The molecule has 0 unspecified atom stereocenters. The maximum atomic E-state index is 9.13. The Morgan fingerprint density at radius 2 is 1.71 bits per heavy atom.